The molecule has 0 spiro atoms. The number of nitrogens with zero attached hydrogens (tertiary/aromatic N) is 2. The minimum absolute atomic E-state index is 0.489. The molecule has 0 aliphatic rings. The van der Waals surface area contributed by atoms with Crippen LogP contribution in [0.2, 0.25) is 0 Å². The zero-order valence-corrected chi connectivity index (χ0v) is 8.25. The Labute approximate surface area is 83.3 Å². The quantitative estimate of drug-likeness (QED) is 0.726. The smallest absolute Gasteiger partial charge is 0.143 e. The standard InChI is InChI=1S/C10H10N2S/c1-8-5-9(3-2-4-13)7-12-10(8)6-11/h2-3,5,7,13H,4H2,1H3. The number of aryl methyl sites for hydroxylation is 1. The molecule has 3 heteroatoms. The molecule has 0 saturated carbocycles. The Balaban J connectivity index is 2.97. The molecular formula is C10H10N2S. The second kappa shape index (κ2) is 4.68. The first-order valence-corrected chi connectivity index (χ1v) is 4.55. The van der Waals surface area contributed by atoms with Crippen molar-refractivity contribution in [3.05, 3.63) is 35.2 Å². The number of pyridine rings is 1. The fraction of sp³-hybridized carbons (Fsp3) is 0.200. The maximum Gasteiger partial charge on any atom is 0.143 e. The molecule has 0 aliphatic carbocycles. The number of rotatable bonds is 2. The van der Waals surface area contributed by atoms with Gasteiger partial charge < -0.3 is 0 Å². The first-order chi connectivity index (χ1) is 6.27. The number of thiol groups is 1. The summed E-state index contributed by atoms with van der Waals surface area (Å²) in [6.07, 6.45) is 5.56. The van der Waals surface area contributed by atoms with Crippen LogP contribution in [-0.2, 0) is 0 Å². The van der Waals surface area contributed by atoms with Gasteiger partial charge in [0.15, 0.2) is 0 Å². The Morgan fingerprint density at radius 2 is 2.46 bits per heavy atom. The highest BCUT2D eigenvalue weighted by Gasteiger charge is 1.97. The molecule has 1 aromatic rings. The number of nitriles is 1. The summed E-state index contributed by atoms with van der Waals surface area (Å²) < 4.78 is 0. The Hall–Kier alpha value is -1.27. The van der Waals surface area contributed by atoms with Gasteiger partial charge in [-0.15, -0.1) is 0 Å². The third-order valence-electron chi connectivity index (χ3n) is 1.62. The summed E-state index contributed by atoms with van der Waals surface area (Å²) >= 11 is 4.06. The minimum atomic E-state index is 0.489. The van der Waals surface area contributed by atoms with Crippen LogP contribution in [0.1, 0.15) is 16.8 Å². The van der Waals surface area contributed by atoms with E-state index in [-0.39, 0.29) is 0 Å². The maximum absolute atomic E-state index is 8.64. The monoisotopic (exact) mass is 190 g/mol. The van der Waals surface area contributed by atoms with Crippen molar-refractivity contribution in [3.63, 3.8) is 0 Å². The highest BCUT2D eigenvalue weighted by atomic mass is 32.1. The van der Waals surface area contributed by atoms with Crippen LogP contribution in [0, 0.1) is 18.3 Å². The topological polar surface area (TPSA) is 36.7 Å². The van der Waals surface area contributed by atoms with Gasteiger partial charge in [0.1, 0.15) is 11.8 Å². The fourth-order valence-corrected chi connectivity index (χ4v) is 1.10. The van der Waals surface area contributed by atoms with Crippen LogP contribution in [0.5, 0.6) is 0 Å². The Kier molecular flexibility index (Phi) is 3.53. The van der Waals surface area contributed by atoms with Crippen LogP contribution in [0.4, 0.5) is 0 Å². The van der Waals surface area contributed by atoms with E-state index in [1.807, 2.05) is 31.2 Å². The summed E-state index contributed by atoms with van der Waals surface area (Å²) in [5.41, 5.74) is 2.40. The predicted octanol–water partition coefficient (Wildman–Crippen LogP) is 2.20. The first kappa shape index (κ1) is 9.82. The van der Waals surface area contributed by atoms with E-state index in [0.717, 1.165) is 11.1 Å². The van der Waals surface area contributed by atoms with Gasteiger partial charge in [0.2, 0.25) is 0 Å². The number of aromatic nitrogens is 1. The van der Waals surface area contributed by atoms with Gasteiger partial charge >= 0.3 is 0 Å². The SMILES string of the molecule is Cc1cc(C=CCS)cnc1C#N. The van der Waals surface area contributed by atoms with Crippen LogP contribution in [0.15, 0.2) is 18.3 Å². The van der Waals surface area contributed by atoms with E-state index in [0.29, 0.717) is 11.4 Å². The van der Waals surface area contributed by atoms with Crippen LogP contribution >= 0.6 is 12.6 Å². The van der Waals surface area contributed by atoms with Crippen LogP contribution < -0.4 is 0 Å². The Morgan fingerprint density at radius 3 is 3.00 bits per heavy atom. The largest absolute Gasteiger partial charge is 0.245 e. The zero-order valence-electron chi connectivity index (χ0n) is 7.36. The van der Waals surface area contributed by atoms with E-state index in [2.05, 4.69) is 17.6 Å². The molecule has 0 unspecified atom stereocenters. The third kappa shape index (κ3) is 2.60. The molecule has 0 saturated heterocycles. The predicted molar refractivity (Wildman–Crippen MR) is 56.6 cm³/mol. The van der Waals surface area contributed by atoms with Crippen molar-refractivity contribution in [3.8, 4) is 6.07 Å². The molecule has 13 heavy (non-hydrogen) atoms. The van der Waals surface area contributed by atoms with Crippen molar-refractivity contribution in [2.75, 3.05) is 5.75 Å². The minimum Gasteiger partial charge on any atom is -0.245 e. The highest BCUT2D eigenvalue weighted by Crippen LogP contribution is 2.08. The Morgan fingerprint density at radius 1 is 1.69 bits per heavy atom. The normalized spacial score (nSPS) is 10.2. The molecule has 0 amide bonds. The average Bonchev–Trinajstić information content (AvgIpc) is 2.15. The van der Waals surface area contributed by atoms with Crippen LogP contribution in [0.25, 0.3) is 6.08 Å². The summed E-state index contributed by atoms with van der Waals surface area (Å²) in [5, 5.41) is 8.64. The summed E-state index contributed by atoms with van der Waals surface area (Å²) in [4.78, 5) is 4.01. The molecular weight excluding hydrogens is 180 g/mol. The summed E-state index contributed by atoms with van der Waals surface area (Å²) in [5.74, 6) is 0.707. The van der Waals surface area contributed by atoms with Crippen molar-refractivity contribution in [1.29, 1.82) is 5.26 Å². The molecule has 1 aromatic heterocycles. The lowest BCUT2D eigenvalue weighted by molar-refractivity contribution is 1.20. The van der Waals surface area contributed by atoms with Crippen molar-refractivity contribution >= 4 is 18.7 Å². The average molecular weight is 190 g/mol. The van der Waals surface area contributed by atoms with Crippen molar-refractivity contribution in [1.82, 2.24) is 4.98 Å². The summed E-state index contributed by atoms with van der Waals surface area (Å²) in [6, 6.07) is 3.96. The molecule has 0 N–H and O–H groups in total. The van der Waals surface area contributed by atoms with Gasteiger partial charge in [-0.25, -0.2) is 4.98 Å². The lowest BCUT2D eigenvalue weighted by atomic mass is 10.1. The second-order valence-electron chi connectivity index (χ2n) is 2.63. The third-order valence-corrected chi connectivity index (χ3v) is 1.83. The van der Waals surface area contributed by atoms with E-state index < -0.39 is 0 Å². The maximum atomic E-state index is 8.64. The zero-order chi connectivity index (χ0) is 9.68. The second-order valence-corrected chi connectivity index (χ2v) is 3.00. The van der Waals surface area contributed by atoms with Crippen LogP contribution in [0.3, 0.4) is 0 Å². The molecule has 0 fully saturated rings. The van der Waals surface area contributed by atoms with E-state index >= 15 is 0 Å². The lowest BCUT2D eigenvalue weighted by Gasteiger charge is -1.97. The number of hydrogen-bond donors (Lipinski definition) is 1. The molecule has 1 rings (SSSR count). The van der Waals surface area contributed by atoms with Gasteiger partial charge in [0.25, 0.3) is 0 Å². The first-order valence-electron chi connectivity index (χ1n) is 3.92. The van der Waals surface area contributed by atoms with Crippen molar-refractivity contribution in [2.24, 2.45) is 0 Å². The molecule has 0 aliphatic heterocycles. The van der Waals surface area contributed by atoms with Gasteiger partial charge in [-0.2, -0.15) is 17.9 Å². The van der Waals surface area contributed by atoms with Crippen molar-refractivity contribution in [2.45, 2.75) is 6.92 Å². The Bertz CT molecular complexity index is 364. The van der Waals surface area contributed by atoms with Gasteiger partial charge in [0, 0.05) is 11.9 Å². The summed E-state index contributed by atoms with van der Waals surface area (Å²) in [7, 11) is 0. The van der Waals surface area contributed by atoms with E-state index in [4.69, 9.17) is 5.26 Å². The summed E-state index contributed by atoms with van der Waals surface area (Å²) in [6.45, 7) is 1.88. The van der Waals surface area contributed by atoms with E-state index in [1.54, 1.807) is 6.20 Å². The van der Waals surface area contributed by atoms with E-state index in [9.17, 15) is 0 Å². The van der Waals surface area contributed by atoms with Gasteiger partial charge in [-0.1, -0.05) is 12.2 Å². The van der Waals surface area contributed by atoms with Crippen molar-refractivity contribution < 1.29 is 0 Å². The molecule has 0 radical (unpaired) electrons. The molecule has 0 atom stereocenters. The molecule has 66 valence electrons. The molecule has 1 heterocycles. The van der Waals surface area contributed by atoms with Gasteiger partial charge in [-0.05, 0) is 24.1 Å². The number of hydrogen-bond acceptors (Lipinski definition) is 3. The van der Waals surface area contributed by atoms with Crippen LogP contribution in [-0.4, -0.2) is 10.7 Å². The molecule has 0 bridgehead atoms. The molecule has 2 nitrogen and oxygen atoms in total. The fourth-order valence-electron chi connectivity index (χ4n) is 0.994. The van der Waals surface area contributed by atoms with Gasteiger partial charge in [-0.3, -0.25) is 0 Å². The highest BCUT2D eigenvalue weighted by molar-refractivity contribution is 7.80. The lowest BCUT2D eigenvalue weighted by Crippen LogP contribution is -1.88. The van der Waals surface area contributed by atoms with Gasteiger partial charge in [0.05, 0.1) is 0 Å². The molecule has 0 aromatic carbocycles. The van der Waals surface area contributed by atoms with E-state index in [1.165, 1.54) is 0 Å².